The number of rotatable bonds is 1. The molecule has 1 aromatic carbocycles. The Kier molecular flexibility index (Phi) is 2.06. The van der Waals surface area contributed by atoms with Crippen LogP contribution in [0, 0.1) is 0 Å². The molecule has 2 aliphatic rings. The highest BCUT2D eigenvalue weighted by atomic mass is 16.5. The molecule has 1 N–H and O–H groups in total. The van der Waals surface area contributed by atoms with Crippen molar-refractivity contribution in [3.63, 3.8) is 0 Å². The van der Waals surface area contributed by atoms with Crippen molar-refractivity contribution in [1.82, 2.24) is 4.90 Å². The zero-order chi connectivity index (χ0) is 10.3. The van der Waals surface area contributed by atoms with E-state index in [0.29, 0.717) is 6.04 Å². The maximum atomic E-state index is 9.39. The smallest absolute Gasteiger partial charge is 0.127 e. The monoisotopic (exact) mass is 205 g/mol. The summed E-state index contributed by atoms with van der Waals surface area (Å²) in [4.78, 5) is 2.48. The summed E-state index contributed by atoms with van der Waals surface area (Å²) in [5.74, 6) is 1.15. The van der Waals surface area contributed by atoms with Crippen LogP contribution in [0.5, 0.6) is 11.5 Å². The second kappa shape index (κ2) is 3.42. The van der Waals surface area contributed by atoms with Crippen molar-refractivity contribution in [1.29, 1.82) is 0 Å². The molecule has 0 aromatic heterocycles. The van der Waals surface area contributed by atoms with Crippen LogP contribution in [0.2, 0.25) is 0 Å². The van der Waals surface area contributed by atoms with Gasteiger partial charge in [-0.25, -0.2) is 0 Å². The van der Waals surface area contributed by atoms with Crippen LogP contribution in [0.3, 0.4) is 0 Å². The second-order valence-corrected chi connectivity index (χ2v) is 4.26. The summed E-state index contributed by atoms with van der Waals surface area (Å²) < 4.78 is 5.57. The van der Waals surface area contributed by atoms with E-state index in [0.717, 1.165) is 18.8 Å². The summed E-state index contributed by atoms with van der Waals surface area (Å²) in [6.45, 7) is 3.16. The fraction of sp³-hybridized carbons (Fsp3) is 0.500. The lowest BCUT2D eigenvalue weighted by Crippen LogP contribution is -2.41. The number of nitrogens with zero attached hydrogens (tertiary/aromatic N) is 1. The first-order chi connectivity index (χ1) is 7.34. The number of fused-ring (bicyclic) bond motifs is 1. The molecular formula is C12H15NO2. The molecule has 1 aromatic rings. The Labute approximate surface area is 89.3 Å². The minimum atomic E-state index is 0.290. The van der Waals surface area contributed by atoms with Gasteiger partial charge in [0.1, 0.15) is 11.5 Å². The highest BCUT2D eigenvalue weighted by Crippen LogP contribution is 2.39. The Morgan fingerprint density at radius 2 is 2.20 bits per heavy atom. The highest BCUT2D eigenvalue weighted by molar-refractivity contribution is 5.43. The summed E-state index contributed by atoms with van der Waals surface area (Å²) in [6, 6.07) is 5.97. The summed E-state index contributed by atoms with van der Waals surface area (Å²) in [7, 11) is 0. The average Bonchev–Trinajstić information content (AvgIpc) is 2.15. The minimum Gasteiger partial charge on any atom is -0.508 e. The van der Waals surface area contributed by atoms with Gasteiger partial charge in [-0.05, 0) is 25.6 Å². The van der Waals surface area contributed by atoms with E-state index in [4.69, 9.17) is 4.74 Å². The Hall–Kier alpha value is -1.22. The second-order valence-electron chi connectivity index (χ2n) is 4.26. The summed E-state index contributed by atoms with van der Waals surface area (Å²) in [5.41, 5.74) is 1.23. The molecule has 3 rings (SSSR count). The Morgan fingerprint density at radius 1 is 1.33 bits per heavy atom. The van der Waals surface area contributed by atoms with Gasteiger partial charge in [0.15, 0.2) is 0 Å². The van der Waals surface area contributed by atoms with E-state index in [1.54, 1.807) is 12.1 Å². The Morgan fingerprint density at radius 3 is 2.93 bits per heavy atom. The van der Waals surface area contributed by atoms with Crippen molar-refractivity contribution >= 4 is 0 Å². The molecule has 3 nitrogen and oxygen atoms in total. The topological polar surface area (TPSA) is 32.7 Å². The van der Waals surface area contributed by atoms with Crippen LogP contribution < -0.4 is 4.74 Å². The number of hydrogen-bond acceptors (Lipinski definition) is 3. The lowest BCUT2D eigenvalue weighted by molar-refractivity contribution is 0.0840. The average molecular weight is 205 g/mol. The third-order valence-electron chi connectivity index (χ3n) is 3.34. The fourth-order valence-corrected chi connectivity index (χ4v) is 2.39. The van der Waals surface area contributed by atoms with Crippen molar-refractivity contribution in [2.24, 2.45) is 0 Å². The molecule has 0 saturated carbocycles. The van der Waals surface area contributed by atoms with Crippen molar-refractivity contribution in [2.75, 3.05) is 19.7 Å². The minimum absolute atomic E-state index is 0.290. The van der Waals surface area contributed by atoms with Crippen LogP contribution in [0.1, 0.15) is 24.4 Å². The highest BCUT2D eigenvalue weighted by Gasteiger charge is 2.30. The number of phenolic OH excluding ortho intramolecular Hbond substituents is 1. The first-order valence-electron chi connectivity index (χ1n) is 5.54. The molecule has 1 atom stereocenters. The quantitative estimate of drug-likeness (QED) is 0.760. The van der Waals surface area contributed by atoms with E-state index in [9.17, 15) is 5.11 Å². The van der Waals surface area contributed by atoms with Crippen LogP contribution in [-0.2, 0) is 0 Å². The summed E-state index contributed by atoms with van der Waals surface area (Å²) in [6.07, 6.45) is 2.38. The maximum Gasteiger partial charge on any atom is 0.127 e. The molecule has 80 valence electrons. The van der Waals surface area contributed by atoms with Crippen LogP contribution >= 0.6 is 0 Å². The molecule has 2 heterocycles. The molecule has 0 aliphatic carbocycles. The van der Waals surface area contributed by atoms with Gasteiger partial charge in [0.05, 0.1) is 6.61 Å². The predicted octanol–water partition coefficient (Wildman–Crippen LogP) is 1.92. The summed E-state index contributed by atoms with van der Waals surface area (Å²) in [5, 5.41) is 9.39. The number of hydrogen-bond donors (Lipinski definition) is 1. The molecular weight excluding hydrogens is 190 g/mol. The van der Waals surface area contributed by atoms with Crippen molar-refractivity contribution < 1.29 is 9.84 Å². The molecule has 3 heteroatoms. The van der Waals surface area contributed by atoms with E-state index in [1.165, 1.54) is 25.1 Å². The van der Waals surface area contributed by atoms with Gasteiger partial charge >= 0.3 is 0 Å². The molecule has 2 aliphatic heterocycles. The number of aromatic hydroxyl groups is 1. The van der Waals surface area contributed by atoms with Crippen LogP contribution in [0.4, 0.5) is 0 Å². The molecule has 15 heavy (non-hydrogen) atoms. The normalized spacial score (nSPS) is 25.2. The van der Waals surface area contributed by atoms with Gasteiger partial charge in [-0.2, -0.15) is 0 Å². The molecule has 0 radical (unpaired) electrons. The lowest BCUT2D eigenvalue weighted by Gasteiger charge is -2.41. The van der Waals surface area contributed by atoms with Gasteiger partial charge in [-0.3, -0.25) is 4.90 Å². The SMILES string of the molecule is Oc1ccc2c(c1)OCCC2N1CCC1. The third kappa shape index (κ3) is 1.47. The Balaban J connectivity index is 1.95. The Bertz CT molecular complexity index is 374. The van der Waals surface area contributed by atoms with Gasteiger partial charge in [0, 0.05) is 24.1 Å². The molecule has 1 fully saturated rings. The predicted molar refractivity (Wildman–Crippen MR) is 57.1 cm³/mol. The fourth-order valence-electron chi connectivity index (χ4n) is 2.39. The molecule has 1 saturated heterocycles. The number of ether oxygens (including phenoxy) is 1. The number of likely N-dealkylation sites (tertiary alicyclic amines) is 1. The third-order valence-corrected chi connectivity index (χ3v) is 3.34. The molecule has 0 bridgehead atoms. The maximum absolute atomic E-state index is 9.39. The first-order valence-corrected chi connectivity index (χ1v) is 5.54. The van der Waals surface area contributed by atoms with Gasteiger partial charge in [-0.1, -0.05) is 6.07 Å². The van der Waals surface area contributed by atoms with E-state index < -0.39 is 0 Å². The van der Waals surface area contributed by atoms with Crippen molar-refractivity contribution in [2.45, 2.75) is 18.9 Å². The summed E-state index contributed by atoms with van der Waals surface area (Å²) >= 11 is 0. The van der Waals surface area contributed by atoms with Gasteiger partial charge in [0.2, 0.25) is 0 Å². The van der Waals surface area contributed by atoms with E-state index in [1.807, 2.05) is 6.07 Å². The standard InChI is InChI=1S/C12H15NO2/c14-9-2-3-10-11(13-5-1-6-13)4-7-15-12(10)8-9/h2-3,8,11,14H,1,4-7H2. The largest absolute Gasteiger partial charge is 0.508 e. The van der Waals surface area contributed by atoms with E-state index in [2.05, 4.69) is 4.90 Å². The van der Waals surface area contributed by atoms with Crippen LogP contribution in [-0.4, -0.2) is 29.7 Å². The van der Waals surface area contributed by atoms with Crippen LogP contribution in [0.25, 0.3) is 0 Å². The lowest BCUT2D eigenvalue weighted by atomic mass is 9.96. The zero-order valence-corrected chi connectivity index (χ0v) is 8.65. The van der Waals surface area contributed by atoms with Crippen LogP contribution in [0.15, 0.2) is 18.2 Å². The first kappa shape index (κ1) is 9.04. The number of phenols is 1. The van der Waals surface area contributed by atoms with Gasteiger partial charge < -0.3 is 9.84 Å². The van der Waals surface area contributed by atoms with Crippen molar-refractivity contribution in [3.8, 4) is 11.5 Å². The molecule has 0 spiro atoms. The molecule has 1 unspecified atom stereocenters. The van der Waals surface area contributed by atoms with E-state index >= 15 is 0 Å². The van der Waals surface area contributed by atoms with Gasteiger partial charge in [-0.15, -0.1) is 0 Å². The molecule has 0 amide bonds. The van der Waals surface area contributed by atoms with Crippen molar-refractivity contribution in [3.05, 3.63) is 23.8 Å². The van der Waals surface area contributed by atoms with Gasteiger partial charge in [0.25, 0.3) is 0 Å². The van der Waals surface area contributed by atoms with E-state index in [-0.39, 0.29) is 5.75 Å². The number of benzene rings is 1. The zero-order valence-electron chi connectivity index (χ0n) is 8.65.